The molecular weight excluding hydrogens is 202 g/mol. The number of nitrogens with zero attached hydrogens (tertiary/aromatic N) is 1. The van der Waals surface area contributed by atoms with Crippen LogP contribution in [0.5, 0.6) is 0 Å². The van der Waals surface area contributed by atoms with Gasteiger partial charge in [-0.05, 0) is 30.0 Å². The molecule has 1 aliphatic rings. The summed E-state index contributed by atoms with van der Waals surface area (Å²) >= 11 is 0. The molecule has 16 heavy (non-hydrogen) atoms. The fourth-order valence-corrected chi connectivity index (χ4v) is 2.15. The smallest absolute Gasteiger partial charge is 0.307 e. The van der Waals surface area contributed by atoms with Crippen LogP contribution < -0.4 is 0 Å². The average Bonchev–Trinajstić information content (AvgIpc) is 3.08. The van der Waals surface area contributed by atoms with Crippen molar-refractivity contribution in [2.45, 2.75) is 12.3 Å². The van der Waals surface area contributed by atoms with Crippen LogP contribution in [0.1, 0.15) is 17.9 Å². The molecule has 80 valence electrons. The van der Waals surface area contributed by atoms with E-state index in [0.717, 1.165) is 22.9 Å². The van der Waals surface area contributed by atoms with Crippen LogP contribution in [0.15, 0.2) is 36.5 Å². The van der Waals surface area contributed by atoms with Gasteiger partial charge in [0.2, 0.25) is 0 Å². The third-order valence-electron chi connectivity index (χ3n) is 3.17. The summed E-state index contributed by atoms with van der Waals surface area (Å²) in [6, 6.07) is 9.93. The van der Waals surface area contributed by atoms with Crippen molar-refractivity contribution < 1.29 is 9.90 Å². The Bertz CT molecular complexity index is 565. The Balaban J connectivity index is 1.98. The van der Waals surface area contributed by atoms with E-state index in [0.29, 0.717) is 0 Å². The number of aliphatic carboxylic acids is 1. The first kappa shape index (κ1) is 9.33. The fourth-order valence-electron chi connectivity index (χ4n) is 2.15. The van der Waals surface area contributed by atoms with Crippen LogP contribution in [0.2, 0.25) is 0 Å². The maximum atomic E-state index is 10.8. The van der Waals surface area contributed by atoms with Gasteiger partial charge in [-0.1, -0.05) is 18.2 Å². The first-order valence-electron chi connectivity index (χ1n) is 5.33. The van der Waals surface area contributed by atoms with Gasteiger partial charge >= 0.3 is 5.97 Å². The highest BCUT2D eigenvalue weighted by Crippen LogP contribution is 2.47. The van der Waals surface area contributed by atoms with E-state index in [4.69, 9.17) is 5.11 Å². The molecule has 1 saturated carbocycles. The second-order valence-electron chi connectivity index (χ2n) is 4.24. The van der Waals surface area contributed by atoms with E-state index < -0.39 is 5.97 Å². The molecule has 0 radical (unpaired) electrons. The van der Waals surface area contributed by atoms with Crippen LogP contribution in [0, 0.1) is 5.92 Å². The number of rotatable bonds is 2. The molecule has 1 aromatic carbocycles. The Morgan fingerprint density at radius 1 is 1.38 bits per heavy atom. The molecule has 0 aliphatic heterocycles. The number of benzene rings is 1. The minimum atomic E-state index is -0.689. The average molecular weight is 213 g/mol. The maximum Gasteiger partial charge on any atom is 0.307 e. The molecule has 2 aromatic rings. The molecule has 0 amide bonds. The number of carbonyl (C=O) groups is 1. The lowest BCUT2D eigenvalue weighted by atomic mass is 10.1. The van der Waals surface area contributed by atoms with Crippen LogP contribution in [-0.2, 0) is 4.79 Å². The van der Waals surface area contributed by atoms with Gasteiger partial charge in [0.1, 0.15) is 0 Å². The lowest BCUT2D eigenvalue weighted by molar-refractivity contribution is -0.138. The molecule has 1 N–H and O–H groups in total. The molecule has 1 aromatic heterocycles. The predicted octanol–water partition coefficient (Wildman–Crippen LogP) is 2.42. The monoisotopic (exact) mass is 213 g/mol. The van der Waals surface area contributed by atoms with Crippen LogP contribution in [-0.4, -0.2) is 16.1 Å². The number of fused-ring (bicyclic) bond motifs is 1. The second-order valence-corrected chi connectivity index (χ2v) is 4.24. The molecule has 0 unspecified atom stereocenters. The van der Waals surface area contributed by atoms with Gasteiger partial charge in [-0.3, -0.25) is 9.78 Å². The Kier molecular flexibility index (Phi) is 1.93. The molecule has 0 saturated heterocycles. The zero-order valence-corrected chi connectivity index (χ0v) is 8.63. The Morgan fingerprint density at radius 3 is 3.00 bits per heavy atom. The summed E-state index contributed by atoms with van der Waals surface area (Å²) in [5, 5.41) is 9.98. The first-order chi connectivity index (χ1) is 7.75. The quantitative estimate of drug-likeness (QED) is 0.833. The predicted molar refractivity (Wildman–Crippen MR) is 60.2 cm³/mol. The number of pyridine rings is 1. The zero-order chi connectivity index (χ0) is 11.1. The summed E-state index contributed by atoms with van der Waals surface area (Å²) in [6.07, 6.45) is 2.52. The number of carboxylic acid groups (broad SMARTS) is 1. The summed E-state index contributed by atoms with van der Waals surface area (Å²) in [7, 11) is 0. The van der Waals surface area contributed by atoms with Gasteiger partial charge in [-0.15, -0.1) is 0 Å². The standard InChI is InChI=1S/C13H11NO2/c15-13(16)11-7-10(11)9-4-3-8-2-1-5-14-12(8)6-9/h1-6,10-11H,7H2,(H,15,16)/t10-,11+/m0/s1. The second kappa shape index (κ2) is 3.30. The van der Waals surface area contributed by atoms with Crippen LogP contribution >= 0.6 is 0 Å². The maximum absolute atomic E-state index is 10.8. The van der Waals surface area contributed by atoms with E-state index in [2.05, 4.69) is 4.98 Å². The summed E-state index contributed by atoms with van der Waals surface area (Å²) in [5.74, 6) is -0.698. The highest BCUT2D eigenvalue weighted by atomic mass is 16.4. The summed E-state index contributed by atoms with van der Waals surface area (Å²) < 4.78 is 0. The number of carboxylic acids is 1. The lowest BCUT2D eigenvalue weighted by Gasteiger charge is -2.01. The summed E-state index contributed by atoms with van der Waals surface area (Å²) in [6.45, 7) is 0. The molecule has 1 heterocycles. The van der Waals surface area contributed by atoms with E-state index in [9.17, 15) is 4.79 Å². The van der Waals surface area contributed by atoms with Gasteiger partial charge in [0.05, 0.1) is 11.4 Å². The summed E-state index contributed by atoms with van der Waals surface area (Å²) in [4.78, 5) is 15.1. The number of hydrogen-bond donors (Lipinski definition) is 1. The summed E-state index contributed by atoms with van der Waals surface area (Å²) in [5.41, 5.74) is 2.04. The van der Waals surface area contributed by atoms with Gasteiger partial charge in [0, 0.05) is 11.6 Å². The Labute approximate surface area is 92.7 Å². The van der Waals surface area contributed by atoms with Crippen molar-refractivity contribution in [3.63, 3.8) is 0 Å². The van der Waals surface area contributed by atoms with E-state index >= 15 is 0 Å². The topological polar surface area (TPSA) is 50.2 Å². The highest BCUT2D eigenvalue weighted by Gasteiger charge is 2.44. The van der Waals surface area contributed by atoms with Gasteiger partial charge in [0.15, 0.2) is 0 Å². The van der Waals surface area contributed by atoms with Gasteiger partial charge in [-0.25, -0.2) is 0 Å². The molecule has 3 rings (SSSR count). The largest absolute Gasteiger partial charge is 0.481 e. The van der Waals surface area contributed by atoms with Crippen molar-refractivity contribution in [1.29, 1.82) is 0 Å². The SMILES string of the molecule is O=C(O)[C@@H]1C[C@H]1c1ccc2cccnc2c1. The van der Waals surface area contributed by atoms with Crippen LogP contribution in [0.4, 0.5) is 0 Å². The van der Waals surface area contributed by atoms with Crippen LogP contribution in [0.25, 0.3) is 10.9 Å². The van der Waals surface area contributed by atoms with Gasteiger partial charge in [0.25, 0.3) is 0 Å². The minimum Gasteiger partial charge on any atom is -0.481 e. The molecule has 1 aliphatic carbocycles. The first-order valence-corrected chi connectivity index (χ1v) is 5.33. The molecule has 3 heteroatoms. The van der Waals surface area contributed by atoms with E-state index in [-0.39, 0.29) is 11.8 Å². The Hall–Kier alpha value is -1.90. The third-order valence-corrected chi connectivity index (χ3v) is 3.17. The molecule has 3 nitrogen and oxygen atoms in total. The van der Waals surface area contributed by atoms with Crippen molar-refractivity contribution in [1.82, 2.24) is 4.98 Å². The van der Waals surface area contributed by atoms with Crippen molar-refractivity contribution in [3.05, 3.63) is 42.1 Å². The van der Waals surface area contributed by atoms with Gasteiger partial charge in [-0.2, -0.15) is 0 Å². The zero-order valence-electron chi connectivity index (χ0n) is 8.63. The van der Waals surface area contributed by atoms with Crippen LogP contribution in [0.3, 0.4) is 0 Å². The van der Waals surface area contributed by atoms with E-state index in [1.54, 1.807) is 6.20 Å². The van der Waals surface area contributed by atoms with Crippen molar-refractivity contribution >= 4 is 16.9 Å². The number of hydrogen-bond acceptors (Lipinski definition) is 2. The minimum absolute atomic E-state index is 0.184. The molecule has 0 spiro atoms. The molecule has 0 bridgehead atoms. The van der Waals surface area contributed by atoms with Crippen molar-refractivity contribution in [3.8, 4) is 0 Å². The van der Waals surface area contributed by atoms with Crippen molar-refractivity contribution in [2.24, 2.45) is 5.92 Å². The molecular formula is C13H11NO2. The Morgan fingerprint density at radius 2 is 2.25 bits per heavy atom. The lowest BCUT2D eigenvalue weighted by Crippen LogP contribution is -1.98. The highest BCUT2D eigenvalue weighted by molar-refractivity contribution is 5.80. The van der Waals surface area contributed by atoms with Gasteiger partial charge < -0.3 is 5.11 Å². The van der Waals surface area contributed by atoms with Crippen molar-refractivity contribution in [2.75, 3.05) is 0 Å². The molecule has 2 atom stereocenters. The molecule has 1 fully saturated rings. The fraction of sp³-hybridized carbons (Fsp3) is 0.231. The normalized spacial score (nSPS) is 23.2. The third kappa shape index (κ3) is 1.45. The number of aromatic nitrogens is 1. The van der Waals surface area contributed by atoms with E-state index in [1.165, 1.54) is 0 Å². The van der Waals surface area contributed by atoms with E-state index in [1.807, 2.05) is 30.3 Å².